The highest BCUT2D eigenvalue weighted by atomic mass is 35.5. The highest BCUT2D eigenvalue weighted by Crippen LogP contribution is 2.54. The van der Waals surface area contributed by atoms with Crippen LogP contribution in [0.25, 0.3) is 10.1 Å². The first-order chi connectivity index (χ1) is 13.9. The minimum Gasteiger partial charge on any atom is -0.330 e. The Morgan fingerprint density at radius 3 is 1.76 bits per heavy atom. The number of rotatable bonds is 6. The lowest BCUT2D eigenvalue weighted by atomic mass is 10.2. The van der Waals surface area contributed by atoms with Crippen LogP contribution in [0, 0.1) is 6.92 Å². The lowest BCUT2D eigenvalue weighted by molar-refractivity contribution is 0.589. The van der Waals surface area contributed by atoms with Crippen LogP contribution in [0.4, 0.5) is 5.69 Å². The molecule has 0 fully saturated rings. The predicted molar refractivity (Wildman–Crippen MR) is 128 cm³/mol. The fraction of sp³-hybridized carbons (Fsp3) is 0.0435. The van der Waals surface area contributed by atoms with Crippen LogP contribution in [0.15, 0.2) is 90.5 Å². The Hall–Kier alpha value is -1.96. The molecule has 3 aromatic carbocycles. The normalized spacial score (nSPS) is 12.7. The molecule has 3 aromatic rings. The van der Waals surface area contributed by atoms with Gasteiger partial charge in [0.2, 0.25) is 7.29 Å². The van der Waals surface area contributed by atoms with Crippen LogP contribution in [-0.2, 0) is 4.57 Å². The monoisotopic (exact) mass is 461 g/mol. The Kier molecular flexibility index (Phi) is 7.27. The Morgan fingerprint density at radius 2 is 1.31 bits per heavy atom. The first-order valence-corrected chi connectivity index (χ1v) is 11.9. The zero-order chi connectivity index (χ0) is 20.9. The Balaban J connectivity index is 2.06. The summed E-state index contributed by atoms with van der Waals surface area (Å²) in [5, 5.41) is 4.49. The third-order valence-electron chi connectivity index (χ3n) is 4.19. The summed E-state index contributed by atoms with van der Waals surface area (Å²) in [6, 6.07) is 24.1. The smallest absolute Gasteiger partial charge is 0.216 e. The molecule has 0 heterocycles. The number of hydrogen-bond donors (Lipinski definition) is 1. The fourth-order valence-electron chi connectivity index (χ4n) is 2.72. The standard InChI is InChI=1S/C23H19Cl3NOP/c1-17-14-20(24)12-13-23(17)27-29(28,15-21(25)18-8-4-2-5-9-18)16-22(26)19-10-6-3-7-11-19/h2-16H,1H3,(H,27,28)/b21-15-,22-16-. The average molecular weight is 463 g/mol. The van der Waals surface area contributed by atoms with Crippen molar-refractivity contribution in [2.24, 2.45) is 0 Å². The van der Waals surface area contributed by atoms with Gasteiger partial charge in [-0.2, -0.15) is 0 Å². The van der Waals surface area contributed by atoms with Crippen molar-refractivity contribution < 1.29 is 4.57 Å². The van der Waals surface area contributed by atoms with Crippen LogP contribution in [0.2, 0.25) is 5.02 Å². The second-order valence-electron chi connectivity index (χ2n) is 6.47. The number of hydrogen-bond acceptors (Lipinski definition) is 1. The van der Waals surface area contributed by atoms with E-state index in [1.54, 1.807) is 18.2 Å². The van der Waals surface area contributed by atoms with Gasteiger partial charge < -0.3 is 5.09 Å². The molecule has 0 aliphatic carbocycles. The summed E-state index contributed by atoms with van der Waals surface area (Å²) >= 11 is 19.1. The molecule has 0 spiro atoms. The fourth-order valence-corrected chi connectivity index (χ4v) is 5.87. The maximum absolute atomic E-state index is 13.9. The number of halogens is 3. The van der Waals surface area contributed by atoms with E-state index in [4.69, 9.17) is 34.8 Å². The largest absolute Gasteiger partial charge is 0.330 e. The van der Waals surface area contributed by atoms with Crippen LogP contribution in [0.5, 0.6) is 0 Å². The molecule has 148 valence electrons. The molecule has 29 heavy (non-hydrogen) atoms. The lowest BCUT2D eigenvalue weighted by Crippen LogP contribution is -1.96. The van der Waals surface area contributed by atoms with Crippen LogP contribution < -0.4 is 5.09 Å². The summed E-state index contributed by atoms with van der Waals surface area (Å²) in [7, 11) is -3.31. The molecule has 0 radical (unpaired) electrons. The van der Waals surface area contributed by atoms with Gasteiger partial charge in [0.15, 0.2) is 0 Å². The third-order valence-corrected chi connectivity index (χ3v) is 7.26. The Bertz CT molecular complexity index is 1040. The first kappa shape index (κ1) is 21.7. The highest BCUT2D eigenvalue weighted by molar-refractivity contribution is 7.72. The van der Waals surface area contributed by atoms with Gasteiger partial charge in [-0.15, -0.1) is 0 Å². The minimum atomic E-state index is -3.31. The van der Waals surface area contributed by atoms with Gasteiger partial charge in [-0.3, -0.25) is 4.57 Å². The van der Waals surface area contributed by atoms with E-state index in [1.807, 2.05) is 67.6 Å². The molecule has 0 bridgehead atoms. The van der Waals surface area contributed by atoms with E-state index in [1.165, 1.54) is 11.6 Å². The molecule has 0 saturated carbocycles. The molecule has 0 aliphatic rings. The third kappa shape index (κ3) is 6.01. The number of nitrogens with one attached hydrogen (secondary N) is 1. The predicted octanol–water partition coefficient (Wildman–Crippen LogP) is 8.81. The molecular formula is C23H19Cl3NOP. The van der Waals surface area contributed by atoms with Crippen molar-refractivity contribution in [3.05, 3.63) is 112 Å². The molecule has 0 aromatic heterocycles. The van der Waals surface area contributed by atoms with E-state index in [9.17, 15) is 4.57 Å². The SMILES string of the molecule is Cc1cc(Cl)ccc1NP(=O)(/C=C(\Cl)c1ccccc1)/C=C(\Cl)c1ccccc1. The van der Waals surface area contributed by atoms with Gasteiger partial charge in [-0.1, -0.05) is 95.5 Å². The summed E-state index contributed by atoms with van der Waals surface area (Å²) in [6.07, 6.45) is 0. The van der Waals surface area contributed by atoms with Crippen molar-refractivity contribution >= 4 is 57.8 Å². The molecule has 0 amide bonds. The van der Waals surface area contributed by atoms with Crippen molar-refractivity contribution in [3.8, 4) is 0 Å². The van der Waals surface area contributed by atoms with Crippen molar-refractivity contribution in [2.45, 2.75) is 6.92 Å². The molecule has 6 heteroatoms. The maximum Gasteiger partial charge on any atom is 0.216 e. The minimum absolute atomic E-state index is 0.377. The van der Waals surface area contributed by atoms with Crippen LogP contribution in [0.1, 0.15) is 16.7 Å². The second kappa shape index (κ2) is 9.69. The molecule has 0 atom stereocenters. The van der Waals surface area contributed by atoms with E-state index < -0.39 is 7.29 Å². The van der Waals surface area contributed by atoms with E-state index in [0.29, 0.717) is 20.8 Å². The number of anilines is 1. The number of benzene rings is 3. The first-order valence-electron chi connectivity index (χ1n) is 8.88. The van der Waals surface area contributed by atoms with Gasteiger partial charge >= 0.3 is 0 Å². The summed E-state index contributed by atoms with van der Waals surface area (Å²) in [6.45, 7) is 1.89. The molecule has 0 saturated heterocycles. The summed E-state index contributed by atoms with van der Waals surface area (Å²) in [5.41, 5.74) is 3.10. The summed E-state index contributed by atoms with van der Waals surface area (Å²) in [4.78, 5) is 0. The molecule has 0 aliphatic heterocycles. The van der Waals surface area contributed by atoms with E-state index in [-0.39, 0.29) is 0 Å². The van der Waals surface area contributed by atoms with Crippen molar-refractivity contribution in [3.63, 3.8) is 0 Å². The average Bonchev–Trinajstić information content (AvgIpc) is 2.71. The van der Waals surface area contributed by atoms with Gasteiger partial charge in [-0.05, 0) is 41.8 Å². The van der Waals surface area contributed by atoms with Crippen molar-refractivity contribution in [1.29, 1.82) is 0 Å². The summed E-state index contributed by atoms with van der Waals surface area (Å²) < 4.78 is 13.9. The summed E-state index contributed by atoms with van der Waals surface area (Å²) in [5.74, 6) is 3.06. The highest BCUT2D eigenvalue weighted by Gasteiger charge is 2.20. The quantitative estimate of drug-likeness (QED) is 0.371. The van der Waals surface area contributed by atoms with E-state index in [2.05, 4.69) is 5.09 Å². The van der Waals surface area contributed by atoms with Gasteiger partial charge in [0.05, 0.1) is 10.1 Å². The zero-order valence-corrected chi connectivity index (χ0v) is 18.8. The lowest BCUT2D eigenvalue weighted by Gasteiger charge is -2.17. The molecule has 3 rings (SSSR count). The van der Waals surface area contributed by atoms with E-state index in [0.717, 1.165) is 16.7 Å². The number of aryl methyl sites for hydroxylation is 1. The van der Waals surface area contributed by atoms with Gasteiger partial charge in [-0.25, -0.2) is 0 Å². The zero-order valence-electron chi connectivity index (χ0n) is 15.6. The molecule has 0 unspecified atom stereocenters. The van der Waals surface area contributed by atoms with Gasteiger partial charge in [0, 0.05) is 22.3 Å². The van der Waals surface area contributed by atoms with Crippen molar-refractivity contribution in [2.75, 3.05) is 5.09 Å². The van der Waals surface area contributed by atoms with Crippen LogP contribution in [0.3, 0.4) is 0 Å². The molecule has 2 nitrogen and oxygen atoms in total. The Morgan fingerprint density at radius 1 is 0.828 bits per heavy atom. The van der Waals surface area contributed by atoms with Crippen LogP contribution in [-0.4, -0.2) is 0 Å². The second-order valence-corrected chi connectivity index (χ2v) is 9.88. The molecular weight excluding hydrogens is 444 g/mol. The topological polar surface area (TPSA) is 29.1 Å². The Labute approximate surface area is 186 Å². The maximum atomic E-state index is 13.9. The van der Waals surface area contributed by atoms with Gasteiger partial charge in [0.1, 0.15) is 0 Å². The van der Waals surface area contributed by atoms with Gasteiger partial charge in [0.25, 0.3) is 0 Å². The molecule has 1 N–H and O–H groups in total. The van der Waals surface area contributed by atoms with E-state index >= 15 is 0 Å². The van der Waals surface area contributed by atoms with Crippen molar-refractivity contribution in [1.82, 2.24) is 0 Å². The van der Waals surface area contributed by atoms with Crippen LogP contribution >= 0.6 is 42.1 Å².